The Hall–Kier alpha value is -2.78. The number of rotatable bonds is 6. The highest BCUT2D eigenvalue weighted by Crippen LogP contribution is 2.36. The van der Waals surface area contributed by atoms with Gasteiger partial charge in [-0.05, 0) is 35.4 Å². The van der Waals surface area contributed by atoms with Crippen molar-refractivity contribution in [1.29, 1.82) is 0 Å². The molecule has 1 aliphatic rings. The van der Waals surface area contributed by atoms with Gasteiger partial charge in [-0.15, -0.1) is 13.2 Å². The van der Waals surface area contributed by atoms with E-state index in [9.17, 15) is 18.0 Å². The molecule has 0 radical (unpaired) electrons. The van der Waals surface area contributed by atoms with Crippen molar-refractivity contribution in [1.82, 2.24) is 10.2 Å². The SMILES string of the molecule is COc1cc([C@H](c2ccc(OC(F)(F)F)cc2)N2CCNCC2)ccc1OC(C)=O. The largest absolute Gasteiger partial charge is 0.573 e. The van der Waals surface area contributed by atoms with Crippen LogP contribution in [0.2, 0.25) is 0 Å². The van der Waals surface area contributed by atoms with Crippen molar-refractivity contribution >= 4 is 5.97 Å². The predicted molar refractivity (Wildman–Crippen MR) is 104 cm³/mol. The van der Waals surface area contributed by atoms with Crippen LogP contribution in [0.25, 0.3) is 0 Å². The zero-order chi connectivity index (χ0) is 21.7. The lowest BCUT2D eigenvalue weighted by atomic mass is 9.96. The van der Waals surface area contributed by atoms with Crippen LogP contribution in [0.15, 0.2) is 42.5 Å². The standard InChI is InChI=1S/C21H23F3N2O4/c1-14(27)29-18-8-5-16(13-19(18)28-2)20(26-11-9-25-10-12-26)15-3-6-17(7-4-15)30-21(22,23)24/h3-8,13,20,25H,9-12H2,1-2H3/t20-/m0/s1. The number of methoxy groups -OCH3 is 1. The van der Waals surface area contributed by atoms with E-state index in [4.69, 9.17) is 9.47 Å². The molecule has 1 aliphatic heterocycles. The van der Waals surface area contributed by atoms with Crippen molar-refractivity contribution < 1.29 is 32.2 Å². The predicted octanol–water partition coefficient (Wildman–Crippen LogP) is 3.51. The minimum absolute atomic E-state index is 0.215. The van der Waals surface area contributed by atoms with E-state index in [0.29, 0.717) is 11.5 Å². The maximum absolute atomic E-state index is 12.5. The number of nitrogens with zero attached hydrogens (tertiary/aromatic N) is 1. The molecule has 6 nitrogen and oxygen atoms in total. The smallest absolute Gasteiger partial charge is 0.493 e. The van der Waals surface area contributed by atoms with Crippen LogP contribution < -0.4 is 19.5 Å². The lowest BCUT2D eigenvalue weighted by Gasteiger charge is -2.35. The molecule has 0 unspecified atom stereocenters. The van der Waals surface area contributed by atoms with Crippen molar-refractivity contribution in [3.05, 3.63) is 53.6 Å². The van der Waals surface area contributed by atoms with Crippen molar-refractivity contribution in [2.45, 2.75) is 19.3 Å². The molecule has 1 heterocycles. The Bertz CT molecular complexity index is 866. The number of piperazine rings is 1. The molecule has 0 aromatic heterocycles. The lowest BCUT2D eigenvalue weighted by molar-refractivity contribution is -0.274. The van der Waals surface area contributed by atoms with Crippen molar-refractivity contribution in [2.24, 2.45) is 0 Å². The van der Waals surface area contributed by atoms with E-state index in [1.54, 1.807) is 24.3 Å². The van der Waals surface area contributed by atoms with Crippen LogP contribution in [0.3, 0.4) is 0 Å². The summed E-state index contributed by atoms with van der Waals surface area (Å²) in [6, 6.07) is 10.9. The molecular weight excluding hydrogens is 401 g/mol. The summed E-state index contributed by atoms with van der Waals surface area (Å²) in [4.78, 5) is 13.5. The molecule has 0 saturated carbocycles. The zero-order valence-corrected chi connectivity index (χ0v) is 16.7. The summed E-state index contributed by atoms with van der Waals surface area (Å²) >= 11 is 0. The molecule has 1 saturated heterocycles. The first-order chi connectivity index (χ1) is 14.3. The van der Waals surface area contributed by atoms with Crippen LogP contribution in [0, 0.1) is 0 Å². The number of hydrogen-bond acceptors (Lipinski definition) is 6. The third kappa shape index (κ3) is 5.64. The van der Waals surface area contributed by atoms with E-state index in [-0.39, 0.29) is 11.8 Å². The fourth-order valence-corrected chi connectivity index (χ4v) is 3.50. The molecule has 3 rings (SSSR count). The van der Waals surface area contributed by atoms with Gasteiger partial charge in [-0.2, -0.15) is 0 Å². The van der Waals surface area contributed by atoms with Crippen molar-refractivity contribution in [2.75, 3.05) is 33.3 Å². The topological polar surface area (TPSA) is 60.0 Å². The van der Waals surface area contributed by atoms with Crippen LogP contribution in [-0.2, 0) is 4.79 Å². The van der Waals surface area contributed by atoms with Crippen LogP contribution in [0.5, 0.6) is 17.2 Å². The number of esters is 1. The maximum atomic E-state index is 12.5. The molecule has 2 aromatic rings. The van der Waals surface area contributed by atoms with Gasteiger partial charge in [0.25, 0.3) is 0 Å². The first-order valence-corrected chi connectivity index (χ1v) is 9.43. The molecule has 0 spiro atoms. The number of halogens is 3. The first kappa shape index (κ1) is 21.9. The fraction of sp³-hybridized carbons (Fsp3) is 0.381. The molecule has 2 aromatic carbocycles. The average Bonchev–Trinajstić information content (AvgIpc) is 2.70. The fourth-order valence-electron chi connectivity index (χ4n) is 3.50. The quantitative estimate of drug-likeness (QED) is 0.566. The molecule has 30 heavy (non-hydrogen) atoms. The van der Waals surface area contributed by atoms with Gasteiger partial charge in [0.2, 0.25) is 0 Å². The molecule has 0 aliphatic carbocycles. The molecular formula is C21H23F3N2O4. The Balaban J connectivity index is 1.96. The Kier molecular flexibility index (Phi) is 6.84. The van der Waals surface area contributed by atoms with Crippen LogP contribution >= 0.6 is 0 Å². The van der Waals surface area contributed by atoms with E-state index in [0.717, 1.165) is 37.3 Å². The van der Waals surface area contributed by atoms with Gasteiger partial charge >= 0.3 is 12.3 Å². The van der Waals surface area contributed by atoms with Gasteiger partial charge in [0, 0.05) is 33.1 Å². The molecule has 1 fully saturated rings. The number of carbonyl (C=O) groups excluding carboxylic acids is 1. The van der Waals surface area contributed by atoms with Crippen molar-refractivity contribution in [3.63, 3.8) is 0 Å². The molecule has 162 valence electrons. The third-order valence-electron chi connectivity index (χ3n) is 4.70. The molecule has 0 bridgehead atoms. The summed E-state index contributed by atoms with van der Waals surface area (Å²) in [5.74, 6) is -0.0188. The maximum Gasteiger partial charge on any atom is 0.573 e. The normalized spacial score (nSPS) is 16.0. The number of carbonyl (C=O) groups is 1. The van der Waals surface area contributed by atoms with E-state index < -0.39 is 12.3 Å². The Morgan fingerprint density at radius 1 is 1.03 bits per heavy atom. The molecule has 1 N–H and O–H groups in total. The highest BCUT2D eigenvalue weighted by atomic mass is 19.4. The Labute approximate surface area is 172 Å². The number of alkyl halides is 3. The summed E-state index contributed by atoms with van der Waals surface area (Å²) in [6.45, 7) is 4.43. The number of ether oxygens (including phenoxy) is 3. The Morgan fingerprint density at radius 3 is 2.23 bits per heavy atom. The summed E-state index contributed by atoms with van der Waals surface area (Å²) in [5, 5.41) is 3.29. The minimum Gasteiger partial charge on any atom is -0.493 e. The Morgan fingerprint density at radius 2 is 1.67 bits per heavy atom. The van der Waals surface area contributed by atoms with Crippen LogP contribution in [0.1, 0.15) is 24.1 Å². The second-order valence-corrected chi connectivity index (χ2v) is 6.81. The third-order valence-corrected chi connectivity index (χ3v) is 4.70. The van der Waals surface area contributed by atoms with Gasteiger partial charge in [0.1, 0.15) is 5.75 Å². The summed E-state index contributed by atoms with van der Waals surface area (Å²) < 4.78 is 52.0. The first-order valence-electron chi connectivity index (χ1n) is 9.43. The second-order valence-electron chi connectivity index (χ2n) is 6.81. The monoisotopic (exact) mass is 424 g/mol. The molecule has 9 heteroatoms. The van der Waals surface area contributed by atoms with Crippen molar-refractivity contribution in [3.8, 4) is 17.2 Å². The number of hydrogen-bond donors (Lipinski definition) is 1. The summed E-state index contributed by atoms with van der Waals surface area (Å²) in [6.07, 6.45) is -4.74. The van der Waals surface area contributed by atoms with Gasteiger partial charge < -0.3 is 19.5 Å². The highest BCUT2D eigenvalue weighted by molar-refractivity contribution is 5.70. The highest BCUT2D eigenvalue weighted by Gasteiger charge is 2.31. The van der Waals surface area contributed by atoms with Crippen LogP contribution in [0.4, 0.5) is 13.2 Å². The van der Waals surface area contributed by atoms with Gasteiger partial charge in [0.15, 0.2) is 11.5 Å². The van der Waals surface area contributed by atoms with E-state index in [2.05, 4.69) is 15.0 Å². The van der Waals surface area contributed by atoms with Gasteiger partial charge in [0.05, 0.1) is 13.2 Å². The van der Waals surface area contributed by atoms with E-state index >= 15 is 0 Å². The summed E-state index contributed by atoms with van der Waals surface area (Å²) in [5.41, 5.74) is 1.68. The number of nitrogens with one attached hydrogen (secondary N) is 1. The van der Waals surface area contributed by atoms with E-state index in [1.807, 2.05) is 6.07 Å². The second kappa shape index (κ2) is 9.36. The molecule has 0 amide bonds. The lowest BCUT2D eigenvalue weighted by Crippen LogP contribution is -2.45. The number of benzene rings is 2. The average molecular weight is 424 g/mol. The van der Waals surface area contributed by atoms with Gasteiger partial charge in [-0.25, -0.2) is 0 Å². The van der Waals surface area contributed by atoms with Crippen LogP contribution in [-0.4, -0.2) is 50.5 Å². The van der Waals surface area contributed by atoms with E-state index in [1.165, 1.54) is 26.2 Å². The summed E-state index contributed by atoms with van der Waals surface area (Å²) in [7, 11) is 1.48. The minimum atomic E-state index is -4.74. The van der Waals surface area contributed by atoms with Gasteiger partial charge in [-0.3, -0.25) is 9.69 Å². The van der Waals surface area contributed by atoms with Gasteiger partial charge in [-0.1, -0.05) is 18.2 Å². The zero-order valence-electron chi connectivity index (χ0n) is 16.7. The molecule has 1 atom stereocenters.